The third kappa shape index (κ3) is 5.39. The smallest absolute Gasteiger partial charge is 0.309 e. The fourth-order valence-corrected chi connectivity index (χ4v) is 4.63. The first-order valence-electron chi connectivity index (χ1n) is 12.3. The lowest BCUT2D eigenvalue weighted by atomic mass is 9.92. The number of aliphatic hydroxyl groups excluding tert-OH is 1. The molecule has 1 aliphatic heterocycles. The van der Waals surface area contributed by atoms with Gasteiger partial charge in [0.15, 0.2) is 0 Å². The zero-order chi connectivity index (χ0) is 25.8. The van der Waals surface area contributed by atoms with E-state index in [0.717, 1.165) is 21.6 Å². The molecule has 1 heterocycles. The number of aliphatic carboxylic acids is 1. The molecular formula is C30H31NO5. The van der Waals surface area contributed by atoms with Crippen molar-refractivity contribution in [3.8, 4) is 11.1 Å². The largest absolute Gasteiger partial charge is 0.481 e. The van der Waals surface area contributed by atoms with Gasteiger partial charge in [-0.05, 0) is 59.6 Å². The second-order valence-corrected chi connectivity index (χ2v) is 9.62. The maximum atomic E-state index is 12.5. The summed E-state index contributed by atoms with van der Waals surface area (Å²) in [6.07, 6.45) is -0.319. The van der Waals surface area contributed by atoms with Gasteiger partial charge in [0.2, 0.25) is 0 Å². The number of carboxylic acids is 1. The molecule has 36 heavy (non-hydrogen) atoms. The number of imide groups is 1. The predicted octanol–water partition coefficient (Wildman–Crippen LogP) is 5.16. The normalized spacial score (nSPS) is 14.7. The second-order valence-electron chi connectivity index (χ2n) is 9.62. The van der Waals surface area contributed by atoms with Crippen molar-refractivity contribution in [3.63, 3.8) is 0 Å². The Kier molecular flexibility index (Phi) is 7.65. The third-order valence-electron chi connectivity index (χ3n) is 6.92. The van der Waals surface area contributed by atoms with Gasteiger partial charge in [-0.3, -0.25) is 19.3 Å². The van der Waals surface area contributed by atoms with Gasteiger partial charge in [0.1, 0.15) is 0 Å². The molecule has 1 aliphatic rings. The average molecular weight is 486 g/mol. The number of fused-ring (bicyclic) bond motifs is 1. The molecule has 0 spiro atoms. The zero-order valence-corrected chi connectivity index (χ0v) is 20.6. The molecule has 0 fully saturated rings. The van der Waals surface area contributed by atoms with Gasteiger partial charge in [-0.2, -0.15) is 0 Å². The first-order valence-corrected chi connectivity index (χ1v) is 12.3. The van der Waals surface area contributed by atoms with Gasteiger partial charge in [-0.15, -0.1) is 0 Å². The molecule has 0 bridgehead atoms. The van der Waals surface area contributed by atoms with Crippen molar-refractivity contribution in [1.82, 2.24) is 4.90 Å². The van der Waals surface area contributed by atoms with Crippen LogP contribution in [0.25, 0.3) is 11.1 Å². The minimum Gasteiger partial charge on any atom is -0.481 e. The summed E-state index contributed by atoms with van der Waals surface area (Å²) in [6, 6.07) is 23.1. The molecular weight excluding hydrogens is 454 g/mol. The summed E-state index contributed by atoms with van der Waals surface area (Å²) in [5.74, 6) is -2.58. The van der Waals surface area contributed by atoms with Crippen molar-refractivity contribution >= 4 is 17.8 Å². The van der Waals surface area contributed by atoms with Crippen LogP contribution in [0, 0.1) is 5.92 Å². The summed E-state index contributed by atoms with van der Waals surface area (Å²) in [5, 5.41) is 20.3. The highest BCUT2D eigenvalue weighted by Crippen LogP contribution is 2.26. The van der Waals surface area contributed by atoms with E-state index < -0.39 is 29.8 Å². The van der Waals surface area contributed by atoms with Crippen LogP contribution < -0.4 is 0 Å². The molecule has 0 aromatic heterocycles. The summed E-state index contributed by atoms with van der Waals surface area (Å²) < 4.78 is 0. The van der Waals surface area contributed by atoms with E-state index in [4.69, 9.17) is 0 Å². The molecule has 0 saturated heterocycles. The number of hydrogen-bond donors (Lipinski definition) is 2. The Labute approximate surface area is 211 Å². The molecule has 0 unspecified atom stereocenters. The van der Waals surface area contributed by atoms with E-state index in [0.29, 0.717) is 23.5 Å². The maximum Gasteiger partial charge on any atom is 0.309 e. The lowest BCUT2D eigenvalue weighted by Crippen LogP contribution is -2.36. The Balaban J connectivity index is 1.33. The number of hydrogen-bond acceptors (Lipinski definition) is 4. The van der Waals surface area contributed by atoms with Crippen molar-refractivity contribution in [1.29, 1.82) is 0 Å². The topological polar surface area (TPSA) is 94.9 Å². The summed E-state index contributed by atoms with van der Waals surface area (Å²) in [7, 11) is 0. The van der Waals surface area contributed by atoms with Crippen LogP contribution in [0.1, 0.15) is 64.4 Å². The molecule has 4 rings (SSSR count). The van der Waals surface area contributed by atoms with Gasteiger partial charge in [-0.25, -0.2) is 0 Å². The maximum absolute atomic E-state index is 12.5. The van der Waals surface area contributed by atoms with E-state index in [1.807, 2.05) is 24.3 Å². The Bertz CT molecular complexity index is 1210. The van der Waals surface area contributed by atoms with Crippen LogP contribution in [0.3, 0.4) is 0 Å². The number of amides is 2. The van der Waals surface area contributed by atoms with Gasteiger partial charge in [-0.1, -0.05) is 74.5 Å². The molecule has 3 aromatic carbocycles. The Morgan fingerprint density at radius 1 is 0.806 bits per heavy atom. The van der Waals surface area contributed by atoms with Crippen molar-refractivity contribution in [2.75, 3.05) is 6.54 Å². The molecule has 0 radical (unpaired) electrons. The van der Waals surface area contributed by atoms with Crippen molar-refractivity contribution < 1.29 is 24.6 Å². The second kappa shape index (κ2) is 10.9. The number of aryl methyl sites for hydroxylation is 1. The number of carbonyl (C=O) groups is 3. The molecule has 2 amide bonds. The first-order chi connectivity index (χ1) is 17.3. The monoisotopic (exact) mass is 485 g/mol. The van der Waals surface area contributed by atoms with Gasteiger partial charge >= 0.3 is 5.97 Å². The van der Waals surface area contributed by atoms with Crippen LogP contribution >= 0.6 is 0 Å². The quantitative estimate of drug-likeness (QED) is 0.387. The number of carboxylic acid groups (broad SMARTS) is 1. The van der Waals surface area contributed by atoms with Crippen molar-refractivity contribution in [2.45, 2.75) is 45.1 Å². The van der Waals surface area contributed by atoms with E-state index in [1.165, 1.54) is 5.56 Å². The molecule has 6 nitrogen and oxygen atoms in total. The molecule has 186 valence electrons. The van der Waals surface area contributed by atoms with Gasteiger partial charge in [0.25, 0.3) is 11.8 Å². The highest BCUT2D eigenvalue weighted by Gasteiger charge is 2.36. The number of aliphatic hydroxyl groups is 1. The lowest BCUT2D eigenvalue weighted by Gasteiger charge is -2.22. The molecule has 0 aliphatic carbocycles. The Morgan fingerprint density at radius 2 is 1.33 bits per heavy atom. The minimum atomic E-state index is -1.14. The van der Waals surface area contributed by atoms with Crippen LogP contribution in [0.2, 0.25) is 0 Å². The van der Waals surface area contributed by atoms with Crippen molar-refractivity contribution in [3.05, 3.63) is 95.1 Å². The SMILES string of the molecule is CC(C)c1ccc(-c2ccc(CC[C@@H](O)[C@H](CCN3C(=O)c4ccccc4C3=O)C(=O)O)cc2)cc1. The molecule has 0 saturated carbocycles. The fourth-order valence-electron chi connectivity index (χ4n) is 4.63. The standard InChI is InChI=1S/C30H31NO5/c1-19(2)21-12-14-23(15-13-21)22-10-7-20(8-11-22)9-16-27(32)26(30(35)36)17-18-31-28(33)24-5-3-4-6-25(24)29(31)34/h3-8,10-15,19,26-27,32H,9,16-18H2,1-2H3,(H,35,36)/t26-,27+/m0/s1. The number of nitrogens with zero attached hydrogens (tertiary/aromatic N) is 1. The number of benzene rings is 3. The van der Waals surface area contributed by atoms with E-state index in [2.05, 4.69) is 38.1 Å². The number of carbonyl (C=O) groups excluding carboxylic acids is 2. The summed E-state index contributed by atoms with van der Waals surface area (Å²) in [6.45, 7) is 4.28. The van der Waals surface area contributed by atoms with E-state index in [-0.39, 0.29) is 19.4 Å². The zero-order valence-electron chi connectivity index (χ0n) is 20.6. The third-order valence-corrected chi connectivity index (χ3v) is 6.92. The van der Waals surface area contributed by atoms with E-state index in [9.17, 15) is 24.6 Å². The Hall–Kier alpha value is -3.77. The number of rotatable bonds is 10. The van der Waals surface area contributed by atoms with Crippen LogP contribution in [0.5, 0.6) is 0 Å². The highest BCUT2D eigenvalue weighted by atomic mass is 16.4. The van der Waals surface area contributed by atoms with Crippen LogP contribution in [-0.2, 0) is 11.2 Å². The average Bonchev–Trinajstić information content (AvgIpc) is 3.12. The van der Waals surface area contributed by atoms with Gasteiger partial charge < -0.3 is 10.2 Å². The fraction of sp³-hybridized carbons (Fsp3) is 0.300. The summed E-state index contributed by atoms with van der Waals surface area (Å²) in [4.78, 5) is 38.0. The Morgan fingerprint density at radius 3 is 1.83 bits per heavy atom. The van der Waals surface area contributed by atoms with Crippen LogP contribution in [0.15, 0.2) is 72.8 Å². The molecule has 3 aromatic rings. The molecule has 2 atom stereocenters. The molecule has 6 heteroatoms. The minimum absolute atomic E-state index is 0.00667. The van der Waals surface area contributed by atoms with Gasteiger partial charge in [0, 0.05) is 6.54 Å². The molecule has 2 N–H and O–H groups in total. The van der Waals surface area contributed by atoms with Gasteiger partial charge in [0.05, 0.1) is 23.1 Å². The first kappa shape index (κ1) is 25.3. The highest BCUT2D eigenvalue weighted by molar-refractivity contribution is 6.21. The lowest BCUT2D eigenvalue weighted by molar-refractivity contribution is -0.146. The van der Waals surface area contributed by atoms with E-state index >= 15 is 0 Å². The van der Waals surface area contributed by atoms with Crippen LogP contribution in [0.4, 0.5) is 0 Å². The van der Waals surface area contributed by atoms with E-state index in [1.54, 1.807) is 24.3 Å². The summed E-state index contributed by atoms with van der Waals surface area (Å²) >= 11 is 0. The van der Waals surface area contributed by atoms with Crippen molar-refractivity contribution in [2.24, 2.45) is 5.92 Å². The van der Waals surface area contributed by atoms with Crippen LogP contribution in [-0.4, -0.2) is 45.5 Å². The summed E-state index contributed by atoms with van der Waals surface area (Å²) in [5.41, 5.74) is 5.17. The predicted molar refractivity (Wildman–Crippen MR) is 138 cm³/mol.